The number of aliphatic hydroxyl groups excluding tert-OH is 2. The largest absolute Gasteiger partial charge is 0.393 e. The van der Waals surface area contributed by atoms with Gasteiger partial charge in [0.1, 0.15) is 26.7 Å². The molecule has 0 heterocycles. The fraction of sp³-hybridized carbons (Fsp3) is 1.00. The quantitative estimate of drug-likeness (QED) is 0.455. The molecule has 0 amide bonds. The molecule has 0 aliphatic heterocycles. The Labute approximate surface area is 49.5 Å². The van der Waals surface area contributed by atoms with Gasteiger partial charge in [-0.2, -0.15) is 4.90 Å². The summed E-state index contributed by atoms with van der Waals surface area (Å²) in [5, 5.41) is 17.0. The second kappa shape index (κ2) is 3.83. The Kier molecular flexibility index (Phi) is 3.77. The van der Waals surface area contributed by atoms with Gasteiger partial charge in [0.15, 0.2) is 0 Å². The van der Waals surface area contributed by atoms with E-state index in [2.05, 4.69) is 0 Å². The van der Waals surface area contributed by atoms with Crippen LogP contribution >= 0.6 is 0 Å². The molecule has 0 aliphatic carbocycles. The van der Waals surface area contributed by atoms with Crippen LogP contribution in [0.15, 0.2) is 0 Å². The summed E-state index contributed by atoms with van der Waals surface area (Å²) in [7, 11) is 3.69. The maximum atomic E-state index is 8.74. The van der Waals surface area contributed by atoms with E-state index in [9.17, 15) is 0 Å². The normalized spacial score (nSPS) is 14.6. The molecule has 0 fully saturated rings. The van der Waals surface area contributed by atoms with Crippen LogP contribution in [0, 0.1) is 0 Å². The van der Waals surface area contributed by atoms with Gasteiger partial charge in [0.2, 0.25) is 0 Å². The highest BCUT2D eigenvalue weighted by molar-refractivity contribution is 4.58. The molecule has 0 spiro atoms. The molecule has 0 saturated heterocycles. The topological polar surface area (TPSA) is 46.4 Å². The van der Waals surface area contributed by atoms with Crippen LogP contribution in [0.1, 0.15) is 0 Å². The first-order valence-electron chi connectivity index (χ1n) is 2.60. The number of likely N-dealkylation sites (N-methyl/N-ethyl adjacent to an activating group) is 1. The van der Waals surface area contributed by atoms with Crippen molar-refractivity contribution in [3.8, 4) is 0 Å². The third kappa shape index (κ3) is 4.05. The summed E-state index contributed by atoms with van der Waals surface area (Å²) < 4.78 is 0. The lowest BCUT2D eigenvalue weighted by Gasteiger charge is -2.04. The summed E-state index contributed by atoms with van der Waals surface area (Å²) in [6.45, 7) is 0.370. The van der Waals surface area contributed by atoms with E-state index in [0.717, 1.165) is 0 Å². The first-order chi connectivity index (χ1) is 3.66. The molecule has 0 saturated carbocycles. The van der Waals surface area contributed by atoms with Crippen LogP contribution < -0.4 is 4.90 Å². The van der Waals surface area contributed by atoms with Gasteiger partial charge in [-0.05, 0) is 0 Å². The predicted octanol–water partition coefficient (Wildman–Crippen LogP) is -1.26. The maximum absolute atomic E-state index is 8.74. The molecule has 0 bridgehead atoms. The highest BCUT2D eigenvalue weighted by Crippen LogP contribution is 1.79. The van der Waals surface area contributed by atoms with Crippen molar-refractivity contribution in [1.82, 2.24) is 4.90 Å². The van der Waals surface area contributed by atoms with Crippen LogP contribution in [0.25, 0.3) is 0 Å². The molecule has 49 valence electrons. The van der Waals surface area contributed by atoms with Gasteiger partial charge in [-0.1, -0.05) is 0 Å². The molecule has 1 unspecified atom stereocenters. The van der Waals surface area contributed by atoms with Gasteiger partial charge in [0.25, 0.3) is 0 Å². The van der Waals surface area contributed by atoms with E-state index in [1.54, 1.807) is 0 Å². The van der Waals surface area contributed by atoms with Gasteiger partial charge in [0.05, 0.1) is 6.61 Å². The lowest BCUT2D eigenvalue weighted by molar-refractivity contribution is 0.0866. The zero-order valence-electron chi connectivity index (χ0n) is 5.33. The average molecular weight is 119 g/mol. The third-order valence-electron chi connectivity index (χ3n) is 0.787. The van der Waals surface area contributed by atoms with E-state index in [1.807, 2.05) is 19.0 Å². The number of aliphatic hydroxyl groups is 2. The van der Waals surface area contributed by atoms with Crippen molar-refractivity contribution >= 4 is 0 Å². The number of nitrogens with zero attached hydrogens (tertiary/aromatic N) is 1. The molecule has 0 aromatic heterocycles. The number of hydrogen-bond acceptors (Lipinski definition) is 3. The zero-order valence-corrected chi connectivity index (χ0v) is 5.33. The first kappa shape index (κ1) is 7.88. The van der Waals surface area contributed by atoms with Crippen molar-refractivity contribution in [3.63, 3.8) is 0 Å². The van der Waals surface area contributed by atoms with Crippen LogP contribution in [-0.2, 0) is 0 Å². The highest BCUT2D eigenvalue weighted by Gasteiger charge is 2.08. The second-order valence-corrected chi connectivity index (χ2v) is 2.10. The Morgan fingerprint density at radius 1 is 1.50 bits per heavy atom. The molecule has 3 nitrogen and oxygen atoms in total. The van der Waals surface area contributed by atoms with Crippen molar-refractivity contribution in [2.45, 2.75) is 6.10 Å². The Bertz CT molecular complexity index is 56.4. The summed E-state index contributed by atoms with van der Waals surface area (Å²) >= 11 is 0. The van der Waals surface area contributed by atoms with Crippen LogP contribution in [0.2, 0.25) is 0 Å². The zero-order chi connectivity index (χ0) is 6.57. The second-order valence-electron chi connectivity index (χ2n) is 2.10. The van der Waals surface area contributed by atoms with E-state index in [4.69, 9.17) is 10.2 Å². The fourth-order valence-electron chi connectivity index (χ4n) is 0.479. The van der Waals surface area contributed by atoms with Crippen LogP contribution in [0.5, 0.6) is 0 Å². The van der Waals surface area contributed by atoms with Crippen molar-refractivity contribution in [2.75, 3.05) is 27.2 Å². The van der Waals surface area contributed by atoms with Gasteiger partial charge in [0, 0.05) is 0 Å². The minimum Gasteiger partial charge on any atom is -0.393 e. The van der Waals surface area contributed by atoms with Gasteiger partial charge in [-0.3, -0.25) is 0 Å². The molecule has 3 heteroatoms. The van der Waals surface area contributed by atoms with Crippen LogP contribution in [0.3, 0.4) is 0 Å². The molecule has 2 N–H and O–H groups in total. The molecule has 0 aliphatic rings. The highest BCUT2D eigenvalue weighted by atomic mass is 16.3. The summed E-state index contributed by atoms with van der Waals surface area (Å²) in [5.41, 5.74) is 0. The van der Waals surface area contributed by atoms with Crippen LogP contribution in [-0.4, -0.2) is 43.6 Å². The lowest BCUT2D eigenvalue weighted by Crippen LogP contribution is -2.32. The van der Waals surface area contributed by atoms with Crippen molar-refractivity contribution in [2.24, 2.45) is 0 Å². The van der Waals surface area contributed by atoms with E-state index < -0.39 is 6.10 Å². The monoisotopic (exact) mass is 119 g/mol. The summed E-state index contributed by atoms with van der Waals surface area (Å²) in [6.07, 6.45) is -0.593. The van der Waals surface area contributed by atoms with Crippen molar-refractivity contribution in [3.05, 3.63) is 0 Å². The predicted molar refractivity (Wildman–Crippen MR) is 31.9 cm³/mol. The number of hydrogen-bond donors (Lipinski definition) is 2. The minimum absolute atomic E-state index is 0.155. The Balaban J connectivity index is 3.10. The molecule has 0 aromatic rings. The standard InChI is InChI=1S/C5H13NO2/c1-6(2)3-5(8)4-7/h5,7-8H,3-4H2,1-2H3/q+1. The molecule has 8 heavy (non-hydrogen) atoms. The third-order valence-corrected chi connectivity index (χ3v) is 0.787. The minimum atomic E-state index is -0.593. The SMILES string of the molecule is C[N+](C)CC(O)CO. The Hall–Kier alpha value is -0.120. The van der Waals surface area contributed by atoms with E-state index in [1.165, 1.54) is 0 Å². The molecule has 1 atom stereocenters. The van der Waals surface area contributed by atoms with Crippen LogP contribution in [0.4, 0.5) is 0 Å². The van der Waals surface area contributed by atoms with Gasteiger partial charge in [-0.25, -0.2) is 0 Å². The van der Waals surface area contributed by atoms with Gasteiger partial charge >= 0.3 is 0 Å². The molecular weight excluding hydrogens is 106 g/mol. The Morgan fingerprint density at radius 2 is 2.00 bits per heavy atom. The summed E-state index contributed by atoms with van der Waals surface area (Å²) in [4.78, 5) is 1.82. The molecule has 0 rings (SSSR count). The summed E-state index contributed by atoms with van der Waals surface area (Å²) in [5.74, 6) is 0. The molecular formula is C5H13NO2+. The fourth-order valence-corrected chi connectivity index (χ4v) is 0.479. The van der Waals surface area contributed by atoms with Gasteiger partial charge < -0.3 is 10.2 Å². The van der Waals surface area contributed by atoms with Crippen molar-refractivity contribution in [1.29, 1.82) is 0 Å². The maximum Gasteiger partial charge on any atom is 0.150 e. The molecule has 1 radical (unpaired) electrons. The number of rotatable bonds is 3. The van der Waals surface area contributed by atoms with E-state index >= 15 is 0 Å². The van der Waals surface area contributed by atoms with E-state index in [0.29, 0.717) is 6.54 Å². The first-order valence-corrected chi connectivity index (χ1v) is 2.60. The Morgan fingerprint density at radius 3 is 2.12 bits per heavy atom. The smallest absolute Gasteiger partial charge is 0.150 e. The van der Waals surface area contributed by atoms with Gasteiger partial charge in [-0.15, -0.1) is 0 Å². The van der Waals surface area contributed by atoms with E-state index in [-0.39, 0.29) is 6.61 Å². The average Bonchev–Trinajstić information content (AvgIpc) is 1.65. The molecule has 0 aromatic carbocycles. The summed E-state index contributed by atoms with van der Waals surface area (Å²) in [6, 6.07) is 0. The van der Waals surface area contributed by atoms with Crippen molar-refractivity contribution < 1.29 is 10.2 Å². The lowest BCUT2D eigenvalue weighted by atomic mass is 10.4.